The number of unbranched alkanes of at least 4 members (excludes halogenated alkanes) is 2. The summed E-state index contributed by atoms with van der Waals surface area (Å²) in [6.07, 6.45) is 3.22. The van der Waals surface area contributed by atoms with Crippen LogP contribution in [0.4, 0.5) is 0 Å². The fourth-order valence-electron chi connectivity index (χ4n) is 0.575. The van der Waals surface area contributed by atoms with E-state index in [0.29, 0.717) is 12.8 Å². The van der Waals surface area contributed by atoms with E-state index in [-0.39, 0.29) is 5.78 Å². The Morgan fingerprint density at radius 2 is 2.30 bits per heavy atom. The molecule has 0 fully saturated rings. The molecule has 0 spiro atoms. The maximum absolute atomic E-state index is 10.4. The standard InChI is InChI=1S/C7H10N2O/c8-5-3-1-2-4-7(10)6-9/h6,9H,1-4H2. The third-order valence-electron chi connectivity index (χ3n) is 1.12. The average molecular weight is 138 g/mol. The van der Waals surface area contributed by atoms with E-state index in [4.69, 9.17) is 10.7 Å². The molecule has 0 aliphatic rings. The largest absolute Gasteiger partial charge is 0.305 e. The summed E-state index contributed by atoms with van der Waals surface area (Å²) in [7, 11) is 0. The first kappa shape index (κ1) is 8.83. The van der Waals surface area contributed by atoms with Crippen molar-refractivity contribution in [2.24, 2.45) is 0 Å². The maximum atomic E-state index is 10.4. The summed E-state index contributed by atoms with van der Waals surface area (Å²) in [5, 5.41) is 14.7. The molecule has 0 aromatic heterocycles. The first-order chi connectivity index (χ1) is 4.81. The quantitative estimate of drug-likeness (QED) is 0.459. The lowest BCUT2D eigenvalue weighted by atomic mass is 10.1. The van der Waals surface area contributed by atoms with Crippen LogP contribution in [0.3, 0.4) is 0 Å². The van der Waals surface area contributed by atoms with Crippen molar-refractivity contribution in [1.82, 2.24) is 0 Å². The molecular formula is C7H10N2O. The number of carbonyl (C=O) groups is 1. The Kier molecular flexibility index (Phi) is 5.26. The zero-order valence-corrected chi connectivity index (χ0v) is 5.76. The van der Waals surface area contributed by atoms with Crippen LogP contribution in [-0.4, -0.2) is 12.0 Å². The van der Waals surface area contributed by atoms with Crippen molar-refractivity contribution in [1.29, 1.82) is 10.7 Å². The maximum Gasteiger partial charge on any atom is 0.173 e. The van der Waals surface area contributed by atoms with Crippen molar-refractivity contribution >= 4 is 12.0 Å². The van der Waals surface area contributed by atoms with Crippen molar-refractivity contribution in [3.05, 3.63) is 0 Å². The van der Waals surface area contributed by atoms with Crippen molar-refractivity contribution in [3.8, 4) is 6.07 Å². The fourth-order valence-corrected chi connectivity index (χ4v) is 0.575. The Hall–Kier alpha value is -1.17. The highest BCUT2D eigenvalue weighted by Crippen LogP contribution is 1.97. The van der Waals surface area contributed by atoms with Gasteiger partial charge in [-0.2, -0.15) is 5.26 Å². The number of nitrogens with zero attached hydrogens (tertiary/aromatic N) is 1. The summed E-state index contributed by atoms with van der Waals surface area (Å²) in [5.74, 6) is -0.155. The van der Waals surface area contributed by atoms with Gasteiger partial charge < -0.3 is 5.41 Å². The van der Waals surface area contributed by atoms with E-state index in [2.05, 4.69) is 0 Å². The van der Waals surface area contributed by atoms with Crippen LogP contribution in [0.15, 0.2) is 0 Å². The number of nitriles is 1. The average Bonchev–Trinajstić information content (AvgIpc) is 1.98. The highest BCUT2D eigenvalue weighted by Gasteiger charge is 1.94. The molecular weight excluding hydrogens is 128 g/mol. The van der Waals surface area contributed by atoms with Gasteiger partial charge >= 0.3 is 0 Å². The fraction of sp³-hybridized carbons (Fsp3) is 0.571. The summed E-state index contributed by atoms with van der Waals surface area (Å²) < 4.78 is 0. The molecule has 0 saturated carbocycles. The Morgan fingerprint density at radius 3 is 2.80 bits per heavy atom. The molecule has 0 bridgehead atoms. The number of hydrogen-bond donors (Lipinski definition) is 1. The highest BCUT2D eigenvalue weighted by molar-refractivity contribution is 6.26. The van der Waals surface area contributed by atoms with E-state index in [1.165, 1.54) is 0 Å². The van der Waals surface area contributed by atoms with E-state index >= 15 is 0 Å². The molecule has 0 aromatic carbocycles. The lowest BCUT2D eigenvalue weighted by Crippen LogP contribution is -1.96. The van der Waals surface area contributed by atoms with Crippen molar-refractivity contribution in [2.45, 2.75) is 25.7 Å². The molecule has 0 radical (unpaired) electrons. The van der Waals surface area contributed by atoms with Gasteiger partial charge in [0.2, 0.25) is 0 Å². The molecule has 0 heterocycles. The molecule has 0 saturated heterocycles. The molecule has 54 valence electrons. The van der Waals surface area contributed by atoms with Gasteiger partial charge in [0.15, 0.2) is 5.78 Å². The van der Waals surface area contributed by atoms with Gasteiger partial charge in [-0.15, -0.1) is 0 Å². The van der Waals surface area contributed by atoms with Crippen LogP contribution in [0.2, 0.25) is 0 Å². The van der Waals surface area contributed by atoms with Crippen LogP contribution in [0, 0.1) is 16.7 Å². The highest BCUT2D eigenvalue weighted by atomic mass is 16.1. The summed E-state index contributed by atoms with van der Waals surface area (Å²) in [6.45, 7) is 0. The van der Waals surface area contributed by atoms with Crippen LogP contribution in [0.25, 0.3) is 0 Å². The van der Waals surface area contributed by atoms with Crippen LogP contribution in [0.5, 0.6) is 0 Å². The second-order valence-electron chi connectivity index (χ2n) is 1.98. The summed E-state index contributed by atoms with van der Waals surface area (Å²) in [5.41, 5.74) is 0. The van der Waals surface area contributed by atoms with E-state index < -0.39 is 0 Å². The zero-order chi connectivity index (χ0) is 7.82. The monoisotopic (exact) mass is 138 g/mol. The number of rotatable bonds is 5. The van der Waals surface area contributed by atoms with E-state index in [9.17, 15) is 4.79 Å². The topological polar surface area (TPSA) is 64.7 Å². The first-order valence-electron chi connectivity index (χ1n) is 3.21. The molecule has 0 aromatic rings. The molecule has 0 atom stereocenters. The summed E-state index contributed by atoms with van der Waals surface area (Å²) in [6, 6.07) is 1.99. The van der Waals surface area contributed by atoms with Gasteiger partial charge in [-0.1, -0.05) is 0 Å². The van der Waals surface area contributed by atoms with Crippen LogP contribution < -0.4 is 0 Å². The van der Waals surface area contributed by atoms with E-state index in [0.717, 1.165) is 19.1 Å². The first-order valence-corrected chi connectivity index (χ1v) is 3.21. The van der Waals surface area contributed by atoms with Gasteiger partial charge in [0, 0.05) is 12.8 Å². The molecule has 3 nitrogen and oxygen atoms in total. The minimum atomic E-state index is -0.155. The third-order valence-corrected chi connectivity index (χ3v) is 1.12. The van der Waals surface area contributed by atoms with Crippen LogP contribution in [-0.2, 0) is 4.79 Å². The van der Waals surface area contributed by atoms with Crippen molar-refractivity contribution in [3.63, 3.8) is 0 Å². The van der Waals surface area contributed by atoms with Gasteiger partial charge in [0.1, 0.15) is 0 Å². The second kappa shape index (κ2) is 5.96. The predicted molar refractivity (Wildman–Crippen MR) is 37.9 cm³/mol. The lowest BCUT2D eigenvalue weighted by molar-refractivity contribution is -0.112. The number of nitrogens with one attached hydrogen (secondary N) is 1. The van der Waals surface area contributed by atoms with E-state index in [1.54, 1.807) is 0 Å². The molecule has 0 unspecified atom stereocenters. The molecule has 1 N–H and O–H groups in total. The van der Waals surface area contributed by atoms with Gasteiger partial charge in [-0.25, -0.2) is 0 Å². The Bertz CT molecular complexity index is 157. The van der Waals surface area contributed by atoms with Crippen molar-refractivity contribution in [2.75, 3.05) is 0 Å². The summed E-state index contributed by atoms with van der Waals surface area (Å²) >= 11 is 0. The van der Waals surface area contributed by atoms with Gasteiger partial charge in [-0.3, -0.25) is 4.79 Å². The lowest BCUT2D eigenvalue weighted by Gasteiger charge is -1.90. The third kappa shape index (κ3) is 4.98. The van der Waals surface area contributed by atoms with Gasteiger partial charge in [0.25, 0.3) is 0 Å². The van der Waals surface area contributed by atoms with E-state index in [1.807, 2.05) is 6.07 Å². The predicted octanol–water partition coefficient (Wildman–Crippen LogP) is 1.29. The normalized spacial score (nSPS) is 8.30. The number of Topliss-reactive ketones (excluding diaryl/α,β-unsaturated/α-hetero) is 1. The minimum absolute atomic E-state index is 0.155. The summed E-state index contributed by atoms with van der Waals surface area (Å²) in [4.78, 5) is 10.4. The molecule has 10 heavy (non-hydrogen) atoms. The number of carbonyl (C=O) groups excluding carboxylic acids is 1. The number of ketones is 1. The molecule has 0 aliphatic carbocycles. The number of hydrogen-bond acceptors (Lipinski definition) is 3. The Morgan fingerprint density at radius 1 is 1.60 bits per heavy atom. The SMILES string of the molecule is N#CCCCCC(=O)C=N. The van der Waals surface area contributed by atoms with Gasteiger partial charge in [0.05, 0.1) is 12.3 Å². The van der Waals surface area contributed by atoms with Crippen LogP contribution in [0.1, 0.15) is 25.7 Å². The molecule has 0 rings (SSSR count). The minimum Gasteiger partial charge on any atom is -0.305 e. The Labute approximate surface area is 60.2 Å². The molecule has 3 heteroatoms. The Balaban J connectivity index is 3.13. The van der Waals surface area contributed by atoms with Gasteiger partial charge in [-0.05, 0) is 12.8 Å². The molecule has 0 aliphatic heterocycles. The zero-order valence-electron chi connectivity index (χ0n) is 5.76. The van der Waals surface area contributed by atoms with Crippen LogP contribution >= 0.6 is 0 Å². The molecule has 0 amide bonds. The smallest absolute Gasteiger partial charge is 0.173 e. The van der Waals surface area contributed by atoms with Crippen molar-refractivity contribution < 1.29 is 4.79 Å². The second-order valence-corrected chi connectivity index (χ2v) is 1.98.